The van der Waals surface area contributed by atoms with Crippen molar-refractivity contribution < 1.29 is 9.47 Å². The average Bonchev–Trinajstić information content (AvgIpc) is 2.30. The normalized spacial score (nSPS) is 17.0. The third kappa shape index (κ3) is 2.73. The summed E-state index contributed by atoms with van der Waals surface area (Å²) < 4.78 is 11.1. The third-order valence-electron chi connectivity index (χ3n) is 2.62. The van der Waals surface area contributed by atoms with E-state index in [1.54, 1.807) is 12.1 Å². The molecule has 0 spiro atoms. The SMILES string of the molecule is N=C(N)c1cccc(OC2CCOCC2)c1. The summed E-state index contributed by atoms with van der Waals surface area (Å²) in [6, 6.07) is 7.35. The molecule has 0 amide bonds. The summed E-state index contributed by atoms with van der Waals surface area (Å²) in [4.78, 5) is 0. The molecule has 1 saturated heterocycles. The van der Waals surface area contributed by atoms with Crippen molar-refractivity contribution in [3.05, 3.63) is 29.8 Å². The molecule has 0 aliphatic carbocycles. The molecule has 4 nitrogen and oxygen atoms in total. The van der Waals surface area contributed by atoms with E-state index in [1.807, 2.05) is 12.1 Å². The summed E-state index contributed by atoms with van der Waals surface area (Å²) in [5.74, 6) is 0.844. The van der Waals surface area contributed by atoms with Crippen LogP contribution in [0.3, 0.4) is 0 Å². The number of amidine groups is 1. The van der Waals surface area contributed by atoms with Gasteiger partial charge in [0.1, 0.15) is 17.7 Å². The lowest BCUT2D eigenvalue weighted by atomic mass is 10.1. The summed E-state index contributed by atoms with van der Waals surface area (Å²) in [6.45, 7) is 1.52. The van der Waals surface area contributed by atoms with Gasteiger partial charge in [0.25, 0.3) is 0 Å². The van der Waals surface area contributed by atoms with Gasteiger partial charge in [0.05, 0.1) is 13.2 Å². The van der Waals surface area contributed by atoms with Crippen LogP contribution in [0.5, 0.6) is 5.75 Å². The fourth-order valence-electron chi connectivity index (χ4n) is 1.72. The molecule has 1 aliphatic heterocycles. The molecule has 1 aromatic carbocycles. The molecule has 2 rings (SSSR count). The molecule has 16 heavy (non-hydrogen) atoms. The van der Waals surface area contributed by atoms with E-state index in [0.717, 1.165) is 31.8 Å². The molecular formula is C12H16N2O2. The van der Waals surface area contributed by atoms with E-state index in [9.17, 15) is 0 Å². The lowest BCUT2D eigenvalue weighted by molar-refractivity contribution is 0.0255. The largest absolute Gasteiger partial charge is 0.490 e. The second kappa shape index (κ2) is 4.99. The number of ether oxygens (including phenoxy) is 2. The van der Waals surface area contributed by atoms with Crippen LogP contribution < -0.4 is 10.5 Å². The molecule has 3 N–H and O–H groups in total. The molecule has 86 valence electrons. The van der Waals surface area contributed by atoms with Gasteiger partial charge >= 0.3 is 0 Å². The Morgan fingerprint density at radius 1 is 1.38 bits per heavy atom. The average molecular weight is 220 g/mol. The monoisotopic (exact) mass is 220 g/mol. The lowest BCUT2D eigenvalue weighted by Crippen LogP contribution is -2.26. The Kier molecular flexibility index (Phi) is 3.41. The summed E-state index contributed by atoms with van der Waals surface area (Å²) in [6.07, 6.45) is 2.06. The minimum Gasteiger partial charge on any atom is -0.490 e. The minimum absolute atomic E-state index is 0.0671. The Morgan fingerprint density at radius 3 is 2.81 bits per heavy atom. The standard InChI is InChI=1S/C12H16N2O2/c13-12(14)9-2-1-3-11(8-9)16-10-4-6-15-7-5-10/h1-3,8,10H,4-7H2,(H3,13,14). The van der Waals surface area contributed by atoms with Crippen LogP contribution in [0.15, 0.2) is 24.3 Å². The fourth-order valence-corrected chi connectivity index (χ4v) is 1.72. The summed E-state index contributed by atoms with van der Waals surface area (Å²) >= 11 is 0. The van der Waals surface area contributed by atoms with Gasteiger partial charge < -0.3 is 15.2 Å². The predicted octanol–water partition coefficient (Wildman–Crippen LogP) is 1.53. The van der Waals surface area contributed by atoms with Crippen molar-refractivity contribution in [2.75, 3.05) is 13.2 Å². The molecule has 0 aromatic heterocycles. The first kappa shape index (κ1) is 11.0. The van der Waals surface area contributed by atoms with Crippen LogP contribution in [-0.2, 0) is 4.74 Å². The molecule has 1 aromatic rings. The maximum absolute atomic E-state index is 7.35. The van der Waals surface area contributed by atoms with Crippen LogP contribution >= 0.6 is 0 Å². The molecule has 0 unspecified atom stereocenters. The second-order valence-electron chi connectivity index (χ2n) is 3.87. The van der Waals surface area contributed by atoms with E-state index in [1.165, 1.54) is 0 Å². The zero-order chi connectivity index (χ0) is 11.4. The van der Waals surface area contributed by atoms with Crippen molar-refractivity contribution in [2.24, 2.45) is 5.73 Å². The van der Waals surface area contributed by atoms with Gasteiger partial charge in [-0.15, -0.1) is 0 Å². The van der Waals surface area contributed by atoms with Gasteiger partial charge in [-0.2, -0.15) is 0 Å². The van der Waals surface area contributed by atoms with Crippen LogP contribution in [0.1, 0.15) is 18.4 Å². The van der Waals surface area contributed by atoms with E-state index < -0.39 is 0 Å². The number of hydrogen-bond donors (Lipinski definition) is 2. The van der Waals surface area contributed by atoms with Crippen molar-refractivity contribution in [1.82, 2.24) is 0 Å². The van der Waals surface area contributed by atoms with Crippen LogP contribution in [0, 0.1) is 5.41 Å². The Hall–Kier alpha value is -1.55. The molecule has 1 fully saturated rings. The lowest BCUT2D eigenvalue weighted by Gasteiger charge is -2.23. The molecular weight excluding hydrogens is 204 g/mol. The molecule has 0 radical (unpaired) electrons. The summed E-state index contributed by atoms with van der Waals surface area (Å²) in [5, 5.41) is 7.35. The Balaban J connectivity index is 2.02. The predicted molar refractivity (Wildman–Crippen MR) is 61.9 cm³/mol. The van der Waals surface area contributed by atoms with Gasteiger partial charge in [-0.25, -0.2) is 0 Å². The topological polar surface area (TPSA) is 68.3 Å². The van der Waals surface area contributed by atoms with E-state index in [2.05, 4.69) is 0 Å². The zero-order valence-corrected chi connectivity index (χ0v) is 9.11. The maximum Gasteiger partial charge on any atom is 0.122 e. The Bertz CT molecular complexity index is 373. The van der Waals surface area contributed by atoms with Gasteiger partial charge in [0, 0.05) is 18.4 Å². The van der Waals surface area contributed by atoms with E-state index in [-0.39, 0.29) is 11.9 Å². The smallest absolute Gasteiger partial charge is 0.122 e. The van der Waals surface area contributed by atoms with Gasteiger partial charge in [0.15, 0.2) is 0 Å². The van der Waals surface area contributed by atoms with Crippen LogP contribution in [0.25, 0.3) is 0 Å². The van der Waals surface area contributed by atoms with Gasteiger partial charge in [-0.3, -0.25) is 5.41 Å². The Morgan fingerprint density at radius 2 is 2.12 bits per heavy atom. The molecule has 1 heterocycles. The van der Waals surface area contributed by atoms with Crippen LogP contribution in [-0.4, -0.2) is 25.2 Å². The van der Waals surface area contributed by atoms with Crippen LogP contribution in [0.4, 0.5) is 0 Å². The molecule has 0 saturated carbocycles. The van der Waals surface area contributed by atoms with Gasteiger partial charge in [-0.05, 0) is 12.1 Å². The maximum atomic E-state index is 7.35. The van der Waals surface area contributed by atoms with Gasteiger partial charge in [-0.1, -0.05) is 12.1 Å². The minimum atomic E-state index is 0.0671. The highest BCUT2D eigenvalue weighted by Gasteiger charge is 2.15. The molecule has 0 bridgehead atoms. The van der Waals surface area contributed by atoms with Crippen molar-refractivity contribution in [1.29, 1.82) is 5.41 Å². The molecule has 1 aliphatic rings. The highest BCUT2D eigenvalue weighted by Crippen LogP contribution is 2.18. The number of benzene rings is 1. The number of nitrogen functional groups attached to an aromatic ring is 1. The van der Waals surface area contributed by atoms with Gasteiger partial charge in [0.2, 0.25) is 0 Å². The number of rotatable bonds is 3. The number of hydrogen-bond acceptors (Lipinski definition) is 3. The second-order valence-corrected chi connectivity index (χ2v) is 3.87. The van der Waals surface area contributed by atoms with E-state index in [0.29, 0.717) is 5.56 Å². The quantitative estimate of drug-likeness (QED) is 0.599. The van der Waals surface area contributed by atoms with Crippen molar-refractivity contribution in [2.45, 2.75) is 18.9 Å². The van der Waals surface area contributed by atoms with Crippen molar-refractivity contribution in [3.63, 3.8) is 0 Å². The highest BCUT2D eigenvalue weighted by atomic mass is 16.5. The van der Waals surface area contributed by atoms with E-state index >= 15 is 0 Å². The number of nitrogens with one attached hydrogen (secondary N) is 1. The highest BCUT2D eigenvalue weighted by molar-refractivity contribution is 5.95. The Labute approximate surface area is 94.9 Å². The first-order valence-electron chi connectivity index (χ1n) is 5.44. The zero-order valence-electron chi connectivity index (χ0n) is 9.11. The molecule has 0 atom stereocenters. The third-order valence-corrected chi connectivity index (χ3v) is 2.62. The fraction of sp³-hybridized carbons (Fsp3) is 0.417. The first-order valence-corrected chi connectivity index (χ1v) is 5.44. The number of nitrogens with two attached hydrogens (primary N) is 1. The summed E-state index contributed by atoms with van der Waals surface area (Å²) in [7, 11) is 0. The van der Waals surface area contributed by atoms with E-state index in [4.69, 9.17) is 20.6 Å². The van der Waals surface area contributed by atoms with Crippen LogP contribution in [0.2, 0.25) is 0 Å². The summed E-state index contributed by atoms with van der Waals surface area (Å²) in [5.41, 5.74) is 6.12. The van der Waals surface area contributed by atoms with Crippen molar-refractivity contribution >= 4 is 5.84 Å². The van der Waals surface area contributed by atoms with Crippen molar-refractivity contribution in [3.8, 4) is 5.75 Å². The first-order chi connectivity index (χ1) is 7.75. The molecule has 4 heteroatoms.